The molecule has 2 aromatic carbocycles. The topological polar surface area (TPSA) is 75.0 Å². The average molecular weight is 640 g/mol. The fraction of sp³-hybridized carbons (Fsp3) is 0.447. The molecule has 0 unspecified atom stereocenters. The molecule has 0 radical (unpaired) electrons. The van der Waals surface area contributed by atoms with Gasteiger partial charge < -0.3 is 13.9 Å². The number of nitrogens with zero attached hydrogens (tertiary/aromatic N) is 3. The Morgan fingerprint density at radius 1 is 1.02 bits per heavy atom. The summed E-state index contributed by atoms with van der Waals surface area (Å²) in [6.45, 7) is 24.1. The number of hydrogen-bond acceptors (Lipinski definition) is 6. The van der Waals surface area contributed by atoms with Gasteiger partial charge >= 0.3 is 5.97 Å². The maximum Gasteiger partial charge on any atom is 0.307 e. The molecular formula is C38H49N3O4Si. The highest BCUT2D eigenvalue weighted by molar-refractivity contribution is 6.74. The quantitative estimate of drug-likeness (QED) is 0.0926. The molecule has 244 valence electrons. The monoisotopic (exact) mass is 639 g/mol. The number of rotatable bonds is 11. The summed E-state index contributed by atoms with van der Waals surface area (Å²) in [5.41, 5.74) is 7.16. The van der Waals surface area contributed by atoms with Crippen LogP contribution in [-0.4, -0.2) is 35.5 Å². The summed E-state index contributed by atoms with van der Waals surface area (Å²) in [4.78, 5) is 17.1. The number of carbonyl (C=O) groups is 1. The van der Waals surface area contributed by atoms with E-state index in [2.05, 4.69) is 91.6 Å². The SMILES string of the molecule is CC#C[C@@H](CC(=O)OCC)c1ccc(OCc2cc(-c3c(C)cc(O[Si](C)(C)C(C)(C)C)cc3C)c3nc(C(C)C)nn3c2)cc1. The van der Waals surface area contributed by atoms with Gasteiger partial charge in [-0.05, 0) is 98.4 Å². The molecule has 0 N–H and O–H groups in total. The molecule has 0 saturated heterocycles. The molecule has 4 aromatic rings. The zero-order chi connectivity index (χ0) is 33.8. The normalized spacial score (nSPS) is 12.5. The Labute approximate surface area is 275 Å². The van der Waals surface area contributed by atoms with Crippen molar-refractivity contribution in [3.63, 3.8) is 0 Å². The van der Waals surface area contributed by atoms with Crippen LogP contribution in [0, 0.1) is 25.7 Å². The van der Waals surface area contributed by atoms with Crippen molar-refractivity contribution in [2.75, 3.05) is 6.61 Å². The van der Waals surface area contributed by atoms with E-state index in [1.807, 2.05) is 35.0 Å². The first kappa shape index (κ1) is 34.8. The Balaban J connectivity index is 1.65. The van der Waals surface area contributed by atoms with Gasteiger partial charge in [-0.2, -0.15) is 5.10 Å². The van der Waals surface area contributed by atoms with Crippen LogP contribution in [-0.2, 0) is 16.1 Å². The summed E-state index contributed by atoms with van der Waals surface area (Å²) in [6.07, 6.45) is 2.22. The van der Waals surface area contributed by atoms with Gasteiger partial charge in [0.15, 0.2) is 11.5 Å². The Bertz CT molecular complexity index is 1730. The minimum atomic E-state index is -1.99. The molecule has 1 atom stereocenters. The molecule has 0 aliphatic carbocycles. The number of carbonyl (C=O) groups excluding carboxylic acids is 1. The average Bonchev–Trinajstić information content (AvgIpc) is 3.40. The number of benzene rings is 2. The zero-order valence-electron chi connectivity index (χ0n) is 29.4. The summed E-state index contributed by atoms with van der Waals surface area (Å²) in [5.74, 6) is 8.23. The van der Waals surface area contributed by atoms with E-state index in [9.17, 15) is 4.79 Å². The molecule has 2 heterocycles. The lowest BCUT2D eigenvalue weighted by molar-refractivity contribution is -0.143. The van der Waals surface area contributed by atoms with Gasteiger partial charge in [-0.15, -0.1) is 5.92 Å². The number of pyridine rings is 1. The molecule has 7 nitrogen and oxygen atoms in total. The molecule has 4 rings (SSSR count). The maximum absolute atomic E-state index is 12.1. The van der Waals surface area contributed by atoms with Crippen molar-refractivity contribution in [1.82, 2.24) is 14.6 Å². The van der Waals surface area contributed by atoms with Crippen LogP contribution >= 0.6 is 0 Å². The second kappa shape index (κ2) is 14.1. The molecule has 46 heavy (non-hydrogen) atoms. The summed E-state index contributed by atoms with van der Waals surface area (Å²) in [6, 6.07) is 14.2. The Kier molecular flexibility index (Phi) is 10.7. The molecule has 0 spiro atoms. The first-order valence-electron chi connectivity index (χ1n) is 16.1. The Hall–Kier alpha value is -4.09. The van der Waals surface area contributed by atoms with Gasteiger partial charge in [-0.1, -0.05) is 52.7 Å². The van der Waals surface area contributed by atoms with Crippen molar-refractivity contribution in [3.8, 4) is 34.5 Å². The minimum absolute atomic E-state index is 0.108. The Morgan fingerprint density at radius 3 is 2.24 bits per heavy atom. The van der Waals surface area contributed by atoms with Gasteiger partial charge in [0, 0.05) is 23.2 Å². The number of esters is 1. The van der Waals surface area contributed by atoms with Gasteiger partial charge in [0.25, 0.3) is 0 Å². The van der Waals surface area contributed by atoms with Gasteiger partial charge in [0.05, 0.1) is 18.9 Å². The van der Waals surface area contributed by atoms with Crippen LogP contribution < -0.4 is 9.16 Å². The second-order valence-corrected chi connectivity index (χ2v) is 18.5. The van der Waals surface area contributed by atoms with E-state index in [4.69, 9.17) is 24.0 Å². The third kappa shape index (κ3) is 8.00. The summed E-state index contributed by atoms with van der Waals surface area (Å²) in [5, 5.41) is 4.94. The number of hydrogen-bond donors (Lipinski definition) is 0. The van der Waals surface area contributed by atoms with Crippen LogP contribution in [0.25, 0.3) is 16.8 Å². The third-order valence-corrected chi connectivity index (χ3v) is 13.0. The van der Waals surface area contributed by atoms with Crippen molar-refractivity contribution in [2.45, 2.75) is 105 Å². The van der Waals surface area contributed by atoms with Crippen LogP contribution in [0.2, 0.25) is 18.1 Å². The summed E-state index contributed by atoms with van der Waals surface area (Å²) < 4.78 is 20.0. The van der Waals surface area contributed by atoms with E-state index in [1.165, 1.54) is 0 Å². The lowest BCUT2D eigenvalue weighted by atomic mass is 9.95. The van der Waals surface area contributed by atoms with E-state index >= 15 is 0 Å². The van der Waals surface area contributed by atoms with Crippen LogP contribution in [0.4, 0.5) is 0 Å². The summed E-state index contributed by atoms with van der Waals surface area (Å²) in [7, 11) is -1.99. The zero-order valence-corrected chi connectivity index (χ0v) is 30.4. The van der Waals surface area contributed by atoms with Crippen molar-refractivity contribution in [2.24, 2.45) is 0 Å². The molecule has 2 aromatic heterocycles. The highest BCUT2D eigenvalue weighted by atomic mass is 28.4. The van der Waals surface area contributed by atoms with E-state index in [1.54, 1.807) is 13.8 Å². The standard InChI is InChI=1S/C38H49N3O4Si/c1-12-14-30(22-34(42)43-13-2)29-15-17-31(18-16-29)44-24-28-21-33(37-39-36(25(3)4)40-41(37)23-28)35-26(5)19-32(20-27(35)6)45-46(10,11)38(7,8)9/h15-21,23,25,30H,13,22,24H2,1-11H3/t30-/m0/s1. The van der Waals surface area contributed by atoms with Crippen LogP contribution in [0.15, 0.2) is 48.7 Å². The van der Waals surface area contributed by atoms with Gasteiger partial charge in [0.2, 0.25) is 8.32 Å². The molecule has 0 aliphatic rings. The number of aromatic nitrogens is 3. The van der Waals surface area contributed by atoms with Gasteiger partial charge in [-0.25, -0.2) is 9.50 Å². The number of aryl methyl sites for hydroxylation is 2. The van der Waals surface area contributed by atoms with E-state index in [0.717, 1.165) is 56.4 Å². The van der Waals surface area contributed by atoms with Gasteiger partial charge in [0.1, 0.15) is 18.1 Å². The van der Waals surface area contributed by atoms with Crippen molar-refractivity contribution >= 4 is 19.9 Å². The maximum atomic E-state index is 12.1. The van der Waals surface area contributed by atoms with Crippen LogP contribution in [0.3, 0.4) is 0 Å². The predicted octanol–water partition coefficient (Wildman–Crippen LogP) is 9.16. The van der Waals surface area contributed by atoms with E-state index in [-0.39, 0.29) is 29.3 Å². The first-order chi connectivity index (χ1) is 21.6. The third-order valence-electron chi connectivity index (χ3n) is 8.66. The fourth-order valence-electron chi connectivity index (χ4n) is 5.20. The highest BCUT2D eigenvalue weighted by Gasteiger charge is 2.39. The van der Waals surface area contributed by atoms with Crippen molar-refractivity contribution in [3.05, 3.63) is 76.7 Å². The van der Waals surface area contributed by atoms with Crippen molar-refractivity contribution in [1.29, 1.82) is 0 Å². The smallest absolute Gasteiger partial charge is 0.307 e. The fourth-order valence-corrected chi connectivity index (χ4v) is 6.21. The Morgan fingerprint density at radius 2 is 1.67 bits per heavy atom. The van der Waals surface area contributed by atoms with E-state index in [0.29, 0.717) is 13.2 Å². The van der Waals surface area contributed by atoms with Crippen LogP contribution in [0.5, 0.6) is 11.5 Å². The molecular weight excluding hydrogens is 591 g/mol. The molecule has 0 bridgehead atoms. The lowest BCUT2D eigenvalue weighted by Gasteiger charge is -2.36. The van der Waals surface area contributed by atoms with Gasteiger partial charge in [-0.3, -0.25) is 4.79 Å². The minimum Gasteiger partial charge on any atom is -0.543 e. The molecule has 8 heteroatoms. The lowest BCUT2D eigenvalue weighted by Crippen LogP contribution is -2.43. The molecule has 0 saturated carbocycles. The molecule has 0 aliphatic heterocycles. The highest BCUT2D eigenvalue weighted by Crippen LogP contribution is 2.40. The number of fused-ring (bicyclic) bond motifs is 1. The van der Waals surface area contributed by atoms with E-state index < -0.39 is 8.32 Å². The van der Waals surface area contributed by atoms with Crippen LogP contribution in [0.1, 0.15) is 94.8 Å². The summed E-state index contributed by atoms with van der Waals surface area (Å²) >= 11 is 0. The number of ether oxygens (including phenoxy) is 2. The first-order valence-corrected chi connectivity index (χ1v) is 19.0. The largest absolute Gasteiger partial charge is 0.543 e. The predicted molar refractivity (Wildman–Crippen MR) is 188 cm³/mol. The second-order valence-electron chi connectivity index (χ2n) is 13.8. The molecule has 0 fully saturated rings. The van der Waals surface area contributed by atoms with Crippen molar-refractivity contribution < 1.29 is 18.7 Å². The molecule has 0 amide bonds.